The first kappa shape index (κ1) is 14.7. The number of carbonyl (C=O) groups excluding carboxylic acids is 1. The third kappa shape index (κ3) is 3.68. The van der Waals surface area contributed by atoms with Crippen molar-refractivity contribution in [3.05, 3.63) is 84.4 Å². The maximum atomic E-state index is 12.3. The summed E-state index contributed by atoms with van der Waals surface area (Å²) in [5, 5.41) is 2.83. The molecule has 3 aromatic carbocycles. The highest BCUT2D eigenvalue weighted by Crippen LogP contribution is 2.28. The number of ether oxygens (including phenoxy) is 1. The number of hydrogen-bond donors (Lipinski definition) is 2. The Kier molecular flexibility index (Phi) is 4.25. The van der Waals surface area contributed by atoms with Gasteiger partial charge in [0.1, 0.15) is 5.75 Å². The number of amides is 1. The lowest BCUT2D eigenvalue weighted by Gasteiger charge is -2.11. The molecule has 0 aromatic heterocycles. The standard InChI is InChI=1S/C19H16N2O2/c20-17-12-11-14(19(22)21-15-7-3-1-4-8-15)13-18(17)23-16-9-5-2-6-10-16/h1-13H,20H2,(H,21,22). The number of anilines is 2. The monoisotopic (exact) mass is 304 g/mol. The second-order valence-corrected chi connectivity index (χ2v) is 4.99. The lowest BCUT2D eigenvalue weighted by molar-refractivity contribution is 0.102. The zero-order valence-electron chi connectivity index (χ0n) is 12.4. The molecule has 3 aromatic rings. The molecule has 3 rings (SSSR count). The molecule has 0 bridgehead atoms. The van der Waals surface area contributed by atoms with Gasteiger partial charge in [0.25, 0.3) is 5.91 Å². The van der Waals surface area contributed by atoms with Crippen LogP contribution in [0, 0.1) is 0 Å². The molecule has 4 heteroatoms. The molecule has 0 heterocycles. The zero-order valence-corrected chi connectivity index (χ0v) is 12.4. The molecule has 0 aliphatic carbocycles. The molecule has 0 unspecified atom stereocenters. The number of rotatable bonds is 4. The normalized spacial score (nSPS) is 10.1. The number of benzene rings is 3. The molecule has 0 saturated heterocycles. The van der Waals surface area contributed by atoms with Gasteiger partial charge in [-0.25, -0.2) is 0 Å². The summed E-state index contributed by atoms with van der Waals surface area (Å²) in [6, 6.07) is 23.6. The first-order valence-electron chi connectivity index (χ1n) is 7.21. The smallest absolute Gasteiger partial charge is 0.255 e. The first-order chi connectivity index (χ1) is 11.2. The van der Waals surface area contributed by atoms with Gasteiger partial charge in [0.15, 0.2) is 5.75 Å². The summed E-state index contributed by atoms with van der Waals surface area (Å²) in [6.45, 7) is 0. The van der Waals surface area contributed by atoms with Crippen LogP contribution in [0.4, 0.5) is 11.4 Å². The molecule has 0 aliphatic rings. The number of carbonyl (C=O) groups is 1. The molecule has 0 fully saturated rings. The number of hydrogen-bond acceptors (Lipinski definition) is 3. The quantitative estimate of drug-likeness (QED) is 0.706. The highest BCUT2D eigenvalue weighted by atomic mass is 16.5. The van der Waals surface area contributed by atoms with Crippen LogP contribution < -0.4 is 15.8 Å². The minimum atomic E-state index is -0.214. The Morgan fingerprint density at radius 3 is 2.22 bits per heavy atom. The first-order valence-corrected chi connectivity index (χ1v) is 7.21. The predicted molar refractivity (Wildman–Crippen MR) is 91.8 cm³/mol. The maximum absolute atomic E-state index is 12.3. The Hall–Kier alpha value is -3.27. The van der Waals surface area contributed by atoms with Crippen LogP contribution in [-0.4, -0.2) is 5.91 Å². The van der Waals surface area contributed by atoms with E-state index in [2.05, 4.69) is 5.32 Å². The SMILES string of the molecule is Nc1ccc(C(=O)Nc2ccccc2)cc1Oc1ccccc1. The largest absolute Gasteiger partial charge is 0.455 e. The van der Waals surface area contributed by atoms with Crippen LogP contribution in [0.2, 0.25) is 0 Å². The molecule has 0 saturated carbocycles. The van der Waals surface area contributed by atoms with Gasteiger partial charge in [-0.15, -0.1) is 0 Å². The minimum Gasteiger partial charge on any atom is -0.455 e. The lowest BCUT2D eigenvalue weighted by atomic mass is 10.1. The van der Waals surface area contributed by atoms with E-state index in [1.807, 2.05) is 60.7 Å². The fourth-order valence-corrected chi connectivity index (χ4v) is 2.10. The third-order valence-electron chi connectivity index (χ3n) is 3.28. The van der Waals surface area contributed by atoms with Gasteiger partial charge in [0, 0.05) is 11.3 Å². The lowest BCUT2D eigenvalue weighted by Crippen LogP contribution is -2.12. The molecule has 23 heavy (non-hydrogen) atoms. The van der Waals surface area contributed by atoms with Crippen LogP contribution >= 0.6 is 0 Å². The van der Waals surface area contributed by atoms with Crippen molar-refractivity contribution >= 4 is 17.3 Å². The molecule has 0 aliphatic heterocycles. The number of nitrogens with two attached hydrogens (primary N) is 1. The van der Waals surface area contributed by atoms with E-state index in [1.54, 1.807) is 18.2 Å². The molecule has 4 nitrogen and oxygen atoms in total. The molecular weight excluding hydrogens is 288 g/mol. The van der Waals surface area contributed by atoms with Crippen molar-refractivity contribution in [2.24, 2.45) is 0 Å². The molecule has 0 atom stereocenters. The Morgan fingerprint density at radius 1 is 0.870 bits per heavy atom. The molecule has 1 amide bonds. The van der Waals surface area contributed by atoms with E-state index in [9.17, 15) is 4.79 Å². The van der Waals surface area contributed by atoms with Crippen LogP contribution in [0.25, 0.3) is 0 Å². The van der Waals surface area contributed by atoms with Crippen molar-refractivity contribution in [1.82, 2.24) is 0 Å². The summed E-state index contributed by atoms with van der Waals surface area (Å²) >= 11 is 0. The van der Waals surface area contributed by atoms with Gasteiger partial charge >= 0.3 is 0 Å². The van der Waals surface area contributed by atoms with Crippen molar-refractivity contribution in [2.45, 2.75) is 0 Å². The fraction of sp³-hybridized carbons (Fsp3) is 0. The van der Waals surface area contributed by atoms with E-state index >= 15 is 0 Å². The topological polar surface area (TPSA) is 64.4 Å². The van der Waals surface area contributed by atoms with E-state index < -0.39 is 0 Å². The molecule has 3 N–H and O–H groups in total. The zero-order chi connectivity index (χ0) is 16.1. The van der Waals surface area contributed by atoms with Crippen LogP contribution in [0.5, 0.6) is 11.5 Å². The number of nitrogen functional groups attached to an aromatic ring is 1. The second-order valence-electron chi connectivity index (χ2n) is 4.99. The Bertz CT molecular complexity index is 802. The Labute approximate surface area is 134 Å². The van der Waals surface area contributed by atoms with E-state index in [4.69, 9.17) is 10.5 Å². The van der Waals surface area contributed by atoms with Gasteiger partial charge in [-0.3, -0.25) is 4.79 Å². The van der Waals surface area contributed by atoms with Crippen molar-refractivity contribution in [2.75, 3.05) is 11.1 Å². The second kappa shape index (κ2) is 6.66. The maximum Gasteiger partial charge on any atom is 0.255 e. The fourth-order valence-electron chi connectivity index (χ4n) is 2.10. The molecular formula is C19H16N2O2. The summed E-state index contributed by atoms with van der Waals surface area (Å²) < 4.78 is 5.75. The summed E-state index contributed by atoms with van der Waals surface area (Å²) in [5.41, 5.74) is 7.63. The van der Waals surface area contributed by atoms with Gasteiger partial charge in [0.05, 0.1) is 5.69 Å². The molecule has 0 spiro atoms. The average molecular weight is 304 g/mol. The predicted octanol–water partition coefficient (Wildman–Crippen LogP) is 4.31. The minimum absolute atomic E-state index is 0.214. The highest BCUT2D eigenvalue weighted by molar-refractivity contribution is 6.04. The summed E-state index contributed by atoms with van der Waals surface area (Å²) in [7, 11) is 0. The number of nitrogens with one attached hydrogen (secondary N) is 1. The molecule has 114 valence electrons. The summed E-state index contributed by atoms with van der Waals surface area (Å²) in [5.74, 6) is 0.908. The molecule has 0 radical (unpaired) electrons. The van der Waals surface area contributed by atoms with Crippen molar-refractivity contribution in [1.29, 1.82) is 0 Å². The highest BCUT2D eigenvalue weighted by Gasteiger charge is 2.10. The Balaban J connectivity index is 1.81. The Morgan fingerprint density at radius 2 is 1.52 bits per heavy atom. The van der Waals surface area contributed by atoms with Crippen molar-refractivity contribution < 1.29 is 9.53 Å². The number of para-hydroxylation sites is 2. The van der Waals surface area contributed by atoms with Gasteiger partial charge in [-0.1, -0.05) is 36.4 Å². The van der Waals surface area contributed by atoms with Gasteiger partial charge in [-0.05, 0) is 42.5 Å². The van der Waals surface area contributed by atoms with Gasteiger partial charge < -0.3 is 15.8 Å². The van der Waals surface area contributed by atoms with E-state index in [-0.39, 0.29) is 5.91 Å². The summed E-state index contributed by atoms with van der Waals surface area (Å²) in [4.78, 5) is 12.3. The van der Waals surface area contributed by atoms with E-state index in [0.717, 1.165) is 5.69 Å². The van der Waals surface area contributed by atoms with E-state index in [0.29, 0.717) is 22.7 Å². The van der Waals surface area contributed by atoms with Crippen LogP contribution in [-0.2, 0) is 0 Å². The van der Waals surface area contributed by atoms with Crippen LogP contribution in [0.15, 0.2) is 78.9 Å². The summed E-state index contributed by atoms with van der Waals surface area (Å²) in [6.07, 6.45) is 0. The van der Waals surface area contributed by atoms with Gasteiger partial charge in [0.2, 0.25) is 0 Å². The third-order valence-corrected chi connectivity index (χ3v) is 3.28. The average Bonchev–Trinajstić information content (AvgIpc) is 2.58. The van der Waals surface area contributed by atoms with Gasteiger partial charge in [-0.2, -0.15) is 0 Å². The van der Waals surface area contributed by atoms with Crippen LogP contribution in [0.3, 0.4) is 0 Å². The van der Waals surface area contributed by atoms with Crippen molar-refractivity contribution in [3.8, 4) is 11.5 Å². The van der Waals surface area contributed by atoms with Crippen molar-refractivity contribution in [3.63, 3.8) is 0 Å². The van der Waals surface area contributed by atoms with Crippen LogP contribution in [0.1, 0.15) is 10.4 Å². The van der Waals surface area contributed by atoms with E-state index in [1.165, 1.54) is 0 Å².